The van der Waals surface area contributed by atoms with E-state index in [0.29, 0.717) is 16.7 Å². The average molecular weight is 234 g/mol. The third-order valence-corrected chi connectivity index (χ3v) is 5.94. The monoisotopic (exact) mass is 234 g/mol. The molecule has 1 spiro atoms. The Morgan fingerprint density at radius 3 is 3.00 bits per heavy atom. The van der Waals surface area contributed by atoms with Crippen molar-refractivity contribution in [2.75, 3.05) is 13.2 Å². The molecule has 0 aromatic rings. The highest BCUT2D eigenvalue weighted by atomic mass is 16.7. The predicted octanol–water partition coefficient (Wildman–Crippen LogP) is 3.13. The van der Waals surface area contributed by atoms with Crippen LogP contribution in [0.15, 0.2) is 11.6 Å². The van der Waals surface area contributed by atoms with Gasteiger partial charge in [0.15, 0.2) is 6.29 Å². The lowest BCUT2D eigenvalue weighted by Crippen LogP contribution is -2.50. The van der Waals surface area contributed by atoms with Gasteiger partial charge in [-0.2, -0.15) is 0 Å². The molecule has 4 aliphatic rings. The predicted molar refractivity (Wildman–Crippen MR) is 65.4 cm³/mol. The van der Waals surface area contributed by atoms with Gasteiger partial charge in [-0.3, -0.25) is 0 Å². The molecule has 0 N–H and O–H groups in total. The first-order chi connectivity index (χ1) is 8.13. The Kier molecular flexibility index (Phi) is 1.96. The molecule has 3 fully saturated rings. The van der Waals surface area contributed by atoms with Crippen LogP contribution < -0.4 is 0 Å². The highest BCUT2D eigenvalue weighted by molar-refractivity contribution is 5.26. The number of allylic oxidation sites excluding steroid dienone is 1. The minimum atomic E-state index is 0.0814. The second-order valence-corrected chi connectivity index (χ2v) is 7.11. The van der Waals surface area contributed by atoms with Crippen molar-refractivity contribution >= 4 is 0 Å². The van der Waals surface area contributed by atoms with Crippen LogP contribution in [0, 0.1) is 22.7 Å². The molecule has 0 unspecified atom stereocenters. The lowest BCUT2D eigenvalue weighted by Gasteiger charge is -2.54. The zero-order chi connectivity index (χ0) is 11.7. The Morgan fingerprint density at radius 1 is 1.24 bits per heavy atom. The third kappa shape index (κ3) is 1.18. The largest absolute Gasteiger partial charge is 0.351 e. The quantitative estimate of drug-likeness (QED) is 0.599. The molecule has 0 aromatic carbocycles. The van der Waals surface area contributed by atoms with E-state index < -0.39 is 0 Å². The molecule has 2 heterocycles. The van der Waals surface area contributed by atoms with Crippen LogP contribution in [0.5, 0.6) is 0 Å². The topological polar surface area (TPSA) is 18.5 Å². The van der Waals surface area contributed by atoms with Gasteiger partial charge >= 0.3 is 0 Å². The van der Waals surface area contributed by atoms with Gasteiger partial charge in [0.05, 0.1) is 13.2 Å². The third-order valence-electron chi connectivity index (χ3n) is 5.94. The van der Waals surface area contributed by atoms with E-state index in [1.807, 2.05) is 0 Å². The summed E-state index contributed by atoms with van der Waals surface area (Å²) in [5, 5.41) is 0. The molecular weight excluding hydrogens is 212 g/mol. The lowest BCUT2D eigenvalue weighted by molar-refractivity contribution is -0.0915. The van der Waals surface area contributed by atoms with Crippen molar-refractivity contribution in [2.24, 2.45) is 22.7 Å². The van der Waals surface area contributed by atoms with Crippen molar-refractivity contribution < 1.29 is 9.47 Å². The normalized spacial score (nSPS) is 50.7. The highest BCUT2D eigenvalue weighted by Gasteiger charge is 2.63. The molecule has 0 bridgehead atoms. The molecule has 94 valence electrons. The molecule has 1 saturated carbocycles. The number of rotatable bonds is 0. The summed E-state index contributed by atoms with van der Waals surface area (Å²) in [7, 11) is 0. The molecule has 0 amide bonds. The smallest absolute Gasteiger partial charge is 0.165 e. The van der Waals surface area contributed by atoms with Gasteiger partial charge in [-0.1, -0.05) is 26.3 Å². The van der Waals surface area contributed by atoms with Crippen LogP contribution in [0.1, 0.15) is 39.5 Å². The Hall–Kier alpha value is -0.340. The summed E-state index contributed by atoms with van der Waals surface area (Å²) in [5.41, 5.74) is 2.43. The van der Waals surface area contributed by atoms with E-state index in [-0.39, 0.29) is 6.29 Å². The Morgan fingerprint density at radius 2 is 2.12 bits per heavy atom. The fourth-order valence-corrected chi connectivity index (χ4v) is 5.20. The molecule has 2 saturated heterocycles. The van der Waals surface area contributed by atoms with Crippen molar-refractivity contribution in [2.45, 2.75) is 45.8 Å². The van der Waals surface area contributed by atoms with E-state index in [2.05, 4.69) is 19.9 Å². The Labute approximate surface area is 103 Å². The summed E-state index contributed by atoms with van der Waals surface area (Å²) in [6, 6.07) is 0. The molecule has 0 aromatic heterocycles. The first-order valence-electron chi connectivity index (χ1n) is 7.06. The maximum Gasteiger partial charge on any atom is 0.165 e. The van der Waals surface area contributed by atoms with Crippen LogP contribution in [0.4, 0.5) is 0 Å². The number of ether oxygens (including phenoxy) is 2. The molecule has 4 atom stereocenters. The van der Waals surface area contributed by atoms with Gasteiger partial charge in [0.25, 0.3) is 0 Å². The van der Waals surface area contributed by atoms with Crippen molar-refractivity contribution in [1.82, 2.24) is 0 Å². The number of hydrogen-bond acceptors (Lipinski definition) is 2. The van der Waals surface area contributed by atoms with Gasteiger partial charge in [-0.25, -0.2) is 0 Å². The molecule has 4 rings (SSSR count). The average Bonchev–Trinajstić information content (AvgIpc) is 2.85. The van der Waals surface area contributed by atoms with Crippen molar-refractivity contribution in [3.05, 3.63) is 11.6 Å². The van der Waals surface area contributed by atoms with Crippen molar-refractivity contribution in [3.63, 3.8) is 0 Å². The van der Waals surface area contributed by atoms with Crippen molar-refractivity contribution in [1.29, 1.82) is 0 Å². The fraction of sp³-hybridized carbons (Fsp3) is 0.867. The molecule has 2 aliphatic carbocycles. The first-order valence-corrected chi connectivity index (χ1v) is 7.06. The molecule has 2 heteroatoms. The summed E-state index contributed by atoms with van der Waals surface area (Å²) >= 11 is 0. The first kappa shape index (κ1) is 10.6. The summed E-state index contributed by atoms with van der Waals surface area (Å²) < 4.78 is 11.8. The van der Waals surface area contributed by atoms with Gasteiger partial charge in [-0.15, -0.1) is 0 Å². The molecule has 0 radical (unpaired) electrons. The van der Waals surface area contributed by atoms with Crippen LogP contribution in [-0.2, 0) is 9.47 Å². The summed E-state index contributed by atoms with van der Waals surface area (Å²) in [6.45, 7) is 6.68. The summed E-state index contributed by atoms with van der Waals surface area (Å²) in [5.74, 6) is 1.38. The molecule has 17 heavy (non-hydrogen) atoms. The number of hydrogen-bond donors (Lipinski definition) is 0. The zero-order valence-corrected chi connectivity index (χ0v) is 10.9. The van der Waals surface area contributed by atoms with Crippen molar-refractivity contribution in [3.8, 4) is 0 Å². The van der Waals surface area contributed by atoms with E-state index in [9.17, 15) is 0 Å². The van der Waals surface area contributed by atoms with Crippen LogP contribution >= 0.6 is 0 Å². The maximum absolute atomic E-state index is 5.98. The minimum Gasteiger partial charge on any atom is -0.351 e. The van der Waals surface area contributed by atoms with Gasteiger partial charge in [0.1, 0.15) is 0 Å². The van der Waals surface area contributed by atoms with Gasteiger partial charge in [0, 0.05) is 11.3 Å². The van der Waals surface area contributed by atoms with E-state index in [1.54, 1.807) is 5.57 Å². The molecule has 2 nitrogen and oxygen atoms in total. The van der Waals surface area contributed by atoms with Crippen LogP contribution in [0.3, 0.4) is 0 Å². The summed E-state index contributed by atoms with van der Waals surface area (Å²) in [4.78, 5) is 0. The standard InChI is InChI=1S/C15H22O2/c1-14(2)6-3-7-15-9-17-13-12(15)10(8-16-13)4-5-11(14)15/h4,11-13H,3,5-9H2,1-2H3/t11-,12-,13-,15-/m1/s1. The van der Waals surface area contributed by atoms with E-state index >= 15 is 0 Å². The summed E-state index contributed by atoms with van der Waals surface area (Å²) in [6.07, 6.45) is 7.89. The van der Waals surface area contributed by atoms with Crippen LogP contribution in [0.2, 0.25) is 0 Å². The van der Waals surface area contributed by atoms with Crippen LogP contribution in [-0.4, -0.2) is 19.5 Å². The second kappa shape index (κ2) is 3.16. The Bertz CT molecular complexity index is 380. The van der Waals surface area contributed by atoms with E-state index in [4.69, 9.17) is 9.47 Å². The SMILES string of the molecule is CC1(C)CCC[C@@]23CO[C@H]4OCC(=CC[C@H]12)[C@H]43. The van der Waals surface area contributed by atoms with Crippen LogP contribution in [0.25, 0.3) is 0 Å². The van der Waals surface area contributed by atoms with E-state index in [0.717, 1.165) is 19.1 Å². The van der Waals surface area contributed by atoms with Gasteiger partial charge < -0.3 is 9.47 Å². The van der Waals surface area contributed by atoms with E-state index in [1.165, 1.54) is 25.7 Å². The molecular formula is C15H22O2. The zero-order valence-electron chi connectivity index (χ0n) is 10.9. The highest BCUT2D eigenvalue weighted by Crippen LogP contribution is 2.64. The minimum absolute atomic E-state index is 0.0814. The Balaban J connectivity index is 1.83. The molecule has 2 aliphatic heterocycles. The second-order valence-electron chi connectivity index (χ2n) is 7.11. The maximum atomic E-state index is 5.98. The fourth-order valence-electron chi connectivity index (χ4n) is 5.20. The van der Waals surface area contributed by atoms with Gasteiger partial charge in [-0.05, 0) is 36.2 Å². The van der Waals surface area contributed by atoms with Gasteiger partial charge in [0.2, 0.25) is 0 Å². The lowest BCUT2D eigenvalue weighted by atomic mass is 9.49.